The second kappa shape index (κ2) is 8.53. The Balaban J connectivity index is 1.30. The molecular formula is C41H30S. The molecule has 0 nitrogen and oxygen atoms in total. The third-order valence-electron chi connectivity index (χ3n) is 9.83. The predicted octanol–water partition coefficient (Wildman–Crippen LogP) is 11.5. The van der Waals surface area contributed by atoms with Gasteiger partial charge in [0.15, 0.2) is 0 Å². The highest BCUT2D eigenvalue weighted by Gasteiger charge is 2.39. The van der Waals surface area contributed by atoms with Gasteiger partial charge in [-0.15, -0.1) is 11.3 Å². The fraction of sp³-hybridized carbons (Fsp3) is 0.122. The largest absolute Gasteiger partial charge is 0.135 e. The van der Waals surface area contributed by atoms with Gasteiger partial charge in [-0.2, -0.15) is 0 Å². The van der Waals surface area contributed by atoms with E-state index < -0.39 is 0 Å². The summed E-state index contributed by atoms with van der Waals surface area (Å²) in [6.07, 6.45) is 0. The van der Waals surface area contributed by atoms with Gasteiger partial charge in [0.05, 0.1) is 0 Å². The molecule has 0 aliphatic heterocycles. The smallest absolute Gasteiger partial charge is 0.0358 e. The van der Waals surface area contributed by atoms with Crippen LogP contribution in [0.15, 0.2) is 121 Å². The van der Waals surface area contributed by atoms with Gasteiger partial charge in [-0.05, 0) is 92.4 Å². The van der Waals surface area contributed by atoms with Gasteiger partial charge in [0.25, 0.3) is 0 Å². The minimum Gasteiger partial charge on any atom is -0.135 e. The van der Waals surface area contributed by atoms with Gasteiger partial charge in [-0.3, -0.25) is 0 Å². The zero-order chi connectivity index (χ0) is 28.2. The monoisotopic (exact) mass is 554 g/mol. The summed E-state index contributed by atoms with van der Waals surface area (Å²) >= 11 is 1.88. The van der Waals surface area contributed by atoms with Crippen molar-refractivity contribution >= 4 is 31.5 Å². The topological polar surface area (TPSA) is 0 Å². The molecule has 0 amide bonds. The molecule has 200 valence electrons. The normalized spacial score (nSPS) is 15.9. The Morgan fingerprint density at radius 3 is 2.14 bits per heavy atom. The zero-order valence-corrected chi connectivity index (χ0v) is 24.8. The first kappa shape index (κ1) is 24.2. The minimum atomic E-state index is -0.0270. The molecule has 6 aromatic carbocycles. The van der Waals surface area contributed by atoms with Gasteiger partial charge in [0, 0.05) is 31.5 Å². The van der Waals surface area contributed by atoms with Crippen LogP contribution in [0, 0.1) is 6.92 Å². The van der Waals surface area contributed by atoms with E-state index in [1.807, 2.05) is 11.3 Å². The standard InChI is InChI=1S/C41H30S/c1-24-16-18-26(25-17-19-39-33(21-25)29-12-7-9-15-38(29)42-39)34(20-24)40-30-13-5-4-10-27(30)31-22-32-28-11-6-8-14-36(28)41(2,3)37(32)23-35(31)40/h4-23,40H,1-3H3. The molecule has 2 aliphatic carbocycles. The zero-order valence-electron chi connectivity index (χ0n) is 24.0. The number of thiophene rings is 1. The average molecular weight is 555 g/mol. The first-order chi connectivity index (χ1) is 20.5. The maximum atomic E-state index is 2.55. The maximum Gasteiger partial charge on any atom is 0.0358 e. The van der Waals surface area contributed by atoms with Gasteiger partial charge < -0.3 is 0 Å². The Hall–Kier alpha value is -4.46. The number of rotatable bonds is 2. The Labute approximate surface area is 250 Å². The number of fused-ring (bicyclic) bond motifs is 9. The van der Waals surface area contributed by atoms with Crippen molar-refractivity contribution in [3.05, 3.63) is 155 Å². The van der Waals surface area contributed by atoms with Gasteiger partial charge in [-0.25, -0.2) is 0 Å². The van der Waals surface area contributed by atoms with Crippen LogP contribution in [-0.2, 0) is 5.41 Å². The summed E-state index contributed by atoms with van der Waals surface area (Å²) in [7, 11) is 0. The fourth-order valence-electron chi connectivity index (χ4n) is 7.81. The summed E-state index contributed by atoms with van der Waals surface area (Å²) in [4.78, 5) is 0. The van der Waals surface area contributed by atoms with Crippen LogP contribution in [0.2, 0.25) is 0 Å². The van der Waals surface area contributed by atoms with Crippen molar-refractivity contribution in [2.75, 3.05) is 0 Å². The number of benzene rings is 6. The van der Waals surface area contributed by atoms with E-state index in [9.17, 15) is 0 Å². The highest BCUT2D eigenvalue weighted by Crippen LogP contribution is 2.56. The molecule has 42 heavy (non-hydrogen) atoms. The van der Waals surface area contributed by atoms with Crippen LogP contribution in [0.25, 0.3) is 53.6 Å². The van der Waals surface area contributed by atoms with Gasteiger partial charge in [0.2, 0.25) is 0 Å². The number of hydrogen-bond acceptors (Lipinski definition) is 1. The van der Waals surface area contributed by atoms with Crippen LogP contribution in [0.3, 0.4) is 0 Å². The molecule has 2 aliphatic rings. The van der Waals surface area contributed by atoms with E-state index in [0.717, 1.165) is 0 Å². The van der Waals surface area contributed by atoms with Crippen LogP contribution in [0.5, 0.6) is 0 Å². The van der Waals surface area contributed by atoms with E-state index in [1.54, 1.807) is 0 Å². The quantitative estimate of drug-likeness (QED) is 0.199. The first-order valence-corrected chi connectivity index (χ1v) is 15.7. The van der Waals surface area contributed by atoms with E-state index in [-0.39, 0.29) is 11.3 Å². The first-order valence-electron chi connectivity index (χ1n) is 14.9. The van der Waals surface area contributed by atoms with E-state index in [4.69, 9.17) is 0 Å². The molecule has 0 saturated heterocycles. The van der Waals surface area contributed by atoms with Gasteiger partial charge in [-0.1, -0.05) is 116 Å². The second-order valence-electron chi connectivity index (χ2n) is 12.6. The number of aryl methyl sites for hydroxylation is 1. The van der Waals surface area contributed by atoms with Crippen molar-refractivity contribution in [3.8, 4) is 33.4 Å². The minimum absolute atomic E-state index is 0.0270. The molecule has 1 aromatic heterocycles. The third-order valence-corrected chi connectivity index (χ3v) is 11.0. The van der Waals surface area contributed by atoms with Crippen molar-refractivity contribution in [3.63, 3.8) is 0 Å². The highest BCUT2D eigenvalue weighted by molar-refractivity contribution is 7.25. The Morgan fingerprint density at radius 1 is 0.500 bits per heavy atom. The fourth-order valence-corrected chi connectivity index (χ4v) is 8.90. The molecule has 0 radical (unpaired) electrons. The van der Waals surface area contributed by atoms with Gasteiger partial charge in [0.1, 0.15) is 0 Å². The molecule has 1 atom stereocenters. The van der Waals surface area contributed by atoms with Gasteiger partial charge >= 0.3 is 0 Å². The lowest BCUT2D eigenvalue weighted by Crippen LogP contribution is -2.15. The Kier molecular flexibility index (Phi) is 4.91. The van der Waals surface area contributed by atoms with Crippen molar-refractivity contribution < 1.29 is 0 Å². The Morgan fingerprint density at radius 2 is 1.24 bits per heavy atom. The van der Waals surface area contributed by atoms with E-state index in [2.05, 4.69) is 142 Å². The van der Waals surface area contributed by atoms with Crippen molar-refractivity contribution in [2.45, 2.75) is 32.1 Å². The van der Waals surface area contributed by atoms with E-state index in [0.29, 0.717) is 0 Å². The molecule has 0 fully saturated rings. The lowest BCUT2D eigenvalue weighted by Gasteiger charge is -2.24. The average Bonchev–Trinajstić information content (AvgIpc) is 3.62. The van der Waals surface area contributed by atoms with Crippen molar-refractivity contribution in [1.82, 2.24) is 0 Å². The molecule has 1 heteroatoms. The second-order valence-corrected chi connectivity index (χ2v) is 13.7. The van der Waals surface area contributed by atoms with E-state index in [1.165, 1.54) is 86.9 Å². The molecule has 0 saturated carbocycles. The molecule has 9 rings (SSSR count). The summed E-state index contributed by atoms with van der Waals surface area (Å²) in [5.74, 6) is 0.186. The summed E-state index contributed by atoms with van der Waals surface area (Å²) in [6, 6.07) is 46.1. The summed E-state index contributed by atoms with van der Waals surface area (Å²) in [5, 5.41) is 2.70. The molecule has 7 aromatic rings. The lowest BCUT2D eigenvalue weighted by molar-refractivity contribution is 0.659. The van der Waals surface area contributed by atoms with Crippen LogP contribution < -0.4 is 0 Å². The highest BCUT2D eigenvalue weighted by atomic mass is 32.1. The third kappa shape index (κ3) is 3.23. The van der Waals surface area contributed by atoms with Crippen molar-refractivity contribution in [2.24, 2.45) is 0 Å². The molecule has 0 N–H and O–H groups in total. The van der Waals surface area contributed by atoms with Crippen LogP contribution in [-0.4, -0.2) is 0 Å². The van der Waals surface area contributed by atoms with E-state index >= 15 is 0 Å². The van der Waals surface area contributed by atoms with Crippen LogP contribution >= 0.6 is 11.3 Å². The SMILES string of the molecule is Cc1ccc(-c2ccc3sc4ccccc4c3c2)c(C2c3ccccc3-c3cc4c(cc32)C(C)(C)c2ccccc2-4)c1. The molecular weight excluding hydrogens is 525 g/mol. The van der Waals surface area contributed by atoms with Crippen LogP contribution in [0.4, 0.5) is 0 Å². The maximum absolute atomic E-state index is 2.55. The predicted molar refractivity (Wildman–Crippen MR) is 180 cm³/mol. The Bertz CT molecular complexity index is 2240. The number of hydrogen-bond donors (Lipinski definition) is 0. The summed E-state index contributed by atoms with van der Waals surface area (Å²) in [5.41, 5.74) is 16.5. The summed E-state index contributed by atoms with van der Waals surface area (Å²) < 4.78 is 2.70. The van der Waals surface area contributed by atoms with Crippen LogP contribution in [0.1, 0.15) is 53.1 Å². The lowest BCUT2D eigenvalue weighted by atomic mass is 9.79. The molecule has 1 heterocycles. The van der Waals surface area contributed by atoms with Crippen molar-refractivity contribution in [1.29, 1.82) is 0 Å². The summed E-state index contributed by atoms with van der Waals surface area (Å²) in [6.45, 7) is 7.01. The molecule has 1 unspecified atom stereocenters. The molecule has 0 spiro atoms. The molecule has 0 bridgehead atoms.